The predicted molar refractivity (Wildman–Crippen MR) is 53.0 cm³/mol. The number of rotatable bonds is 5. The van der Waals surface area contributed by atoms with Gasteiger partial charge in [0.05, 0.1) is 0 Å². The molecule has 0 radical (unpaired) electrons. The first-order valence-electron chi connectivity index (χ1n) is 4.09. The van der Waals surface area contributed by atoms with Gasteiger partial charge in [0.1, 0.15) is 0 Å². The lowest BCUT2D eigenvalue weighted by Gasteiger charge is -2.22. The molecule has 0 spiro atoms. The Morgan fingerprint density at radius 3 is 2.25 bits per heavy atom. The molecule has 4 heteroatoms. The Bertz CT molecular complexity index is 155. The van der Waals surface area contributed by atoms with Crippen molar-refractivity contribution in [3.63, 3.8) is 0 Å². The van der Waals surface area contributed by atoms with Gasteiger partial charge < -0.3 is 14.6 Å². The summed E-state index contributed by atoms with van der Waals surface area (Å²) in [5.41, 5.74) is 6.57. The van der Waals surface area contributed by atoms with Gasteiger partial charge in [-0.25, -0.2) is 0 Å². The van der Waals surface area contributed by atoms with Crippen molar-refractivity contribution in [2.45, 2.75) is 25.9 Å². The van der Waals surface area contributed by atoms with Crippen LogP contribution in [0.2, 0.25) is 12.6 Å². The van der Waals surface area contributed by atoms with Crippen LogP contribution >= 0.6 is 0 Å². The van der Waals surface area contributed by atoms with Crippen LogP contribution in [0.1, 0.15) is 13.3 Å². The summed E-state index contributed by atoms with van der Waals surface area (Å²) in [6, 6.07) is 0.913. The molecule has 0 saturated carbocycles. The predicted octanol–water partition coefficient (Wildman–Crippen LogP) is 1.60. The van der Waals surface area contributed by atoms with Gasteiger partial charge in [-0.2, -0.15) is 0 Å². The van der Waals surface area contributed by atoms with E-state index in [1.165, 1.54) is 0 Å². The summed E-state index contributed by atoms with van der Waals surface area (Å²) in [4.78, 5) is 0. The van der Waals surface area contributed by atoms with Crippen LogP contribution < -0.4 is 5.73 Å². The van der Waals surface area contributed by atoms with Crippen molar-refractivity contribution in [2.24, 2.45) is 5.73 Å². The molecule has 0 aliphatic carbocycles. The van der Waals surface area contributed by atoms with E-state index in [9.17, 15) is 0 Å². The molecule has 2 N–H and O–H groups in total. The second kappa shape index (κ2) is 5.34. The summed E-state index contributed by atoms with van der Waals surface area (Å²) in [5, 5.41) is 0. The van der Waals surface area contributed by atoms with E-state index in [2.05, 4.69) is 0 Å². The Balaban J connectivity index is 3.89. The molecular formula is C8H19NO2Si. The number of hydrogen-bond donors (Lipinski definition) is 1. The zero-order valence-corrected chi connectivity index (χ0v) is 9.39. The van der Waals surface area contributed by atoms with Gasteiger partial charge in [0.25, 0.3) is 0 Å². The molecule has 0 aromatic rings. The largest absolute Gasteiger partial charge is 0.402 e. The van der Waals surface area contributed by atoms with Crippen LogP contribution in [0.4, 0.5) is 0 Å². The van der Waals surface area contributed by atoms with Gasteiger partial charge in [-0.1, -0.05) is 6.08 Å². The second-order valence-corrected chi connectivity index (χ2v) is 6.49. The van der Waals surface area contributed by atoms with Crippen LogP contribution in [0.3, 0.4) is 0 Å². The van der Waals surface area contributed by atoms with Crippen LogP contribution in [-0.4, -0.2) is 22.8 Å². The number of allylic oxidation sites excluding steroid dienone is 2. The summed E-state index contributed by atoms with van der Waals surface area (Å²) in [7, 11) is 1.49. The molecule has 0 fully saturated rings. The Morgan fingerprint density at radius 1 is 1.42 bits per heavy atom. The molecule has 0 amide bonds. The Morgan fingerprint density at radius 2 is 1.92 bits per heavy atom. The van der Waals surface area contributed by atoms with E-state index >= 15 is 0 Å². The fraction of sp³-hybridized carbons (Fsp3) is 0.750. The summed E-state index contributed by atoms with van der Waals surface area (Å²) in [6.45, 7) is 3.98. The summed E-state index contributed by atoms with van der Waals surface area (Å²) < 4.78 is 10.6. The molecule has 0 aromatic carbocycles. The maximum absolute atomic E-state index is 5.66. The highest BCUT2D eigenvalue weighted by Crippen LogP contribution is 2.15. The lowest BCUT2D eigenvalue weighted by molar-refractivity contribution is 0.249. The van der Waals surface area contributed by atoms with Crippen LogP contribution in [0.5, 0.6) is 0 Å². The summed E-state index contributed by atoms with van der Waals surface area (Å²) in [5.74, 6) is 0. The van der Waals surface area contributed by atoms with Crippen molar-refractivity contribution in [3.8, 4) is 0 Å². The third-order valence-corrected chi connectivity index (χ3v) is 4.99. The minimum Gasteiger partial charge on any atom is -0.402 e. The molecule has 0 rings (SSSR count). The SMILES string of the molecule is CC=C(N)CC[Si](C)(OC)OC. The first kappa shape index (κ1) is 11.7. The normalized spacial score (nSPS) is 13.5. The maximum atomic E-state index is 5.66. The van der Waals surface area contributed by atoms with Gasteiger partial charge in [0.2, 0.25) is 0 Å². The molecule has 0 saturated heterocycles. The molecule has 0 aliphatic heterocycles. The molecule has 3 nitrogen and oxygen atoms in total. The van der Waals surface area contributed by atoms with Gasteiger partial charge in [0.15, 0.2) is 0 Å². The highest BCUT2D eigenvalue weighted by Gasteiger charge is 2.27. The van der Waals surface area contributed by atoms with Crippen molar-refractivity contribution in [2.75, 3.05) is 14.2 Å². The van der Waals surface area contributed by atoms with E-state index in [0.29, 0.717) is 0 Å². The molecule has 12 heavy (non-hydrogen) atoms. The highest BCUT2D eigenvalue weighted by atomic mass is 28.4. The Kier molecular flexibility index (Phi) is 5.20. The van der Waals surface area contributed by atoms with Gasteiger partial charge in [0, 0.05) is 19.9 Å². The topological polar surface area (TPSA) is 44.5 Å². The van der Waals surface area contributed by atoms with Crippen molar-refractivity contribution in [3.05, 3.63) is 11.8 Å². The summed E-state index contributed by atoms with van der Waals surface area (Å²) in [6.07, 6.45) is 2.78. The van der Waals surface area contributed by atoms with Crippen LogP contribution in [-0.2, 0) is 8.85 Å². The average Bonchev–Trinajstić information content (AvgIpc) is 2.13. The van der Waals surface area contributed by atoms with E-state index in [4.69, 9.17) is 14.6 Å². The zero-order valence-electron chi connectivity index (χ0n) is 8.39. The monoisotopic (exact) mass is 189 g/mol. The van der Waals surface area contributed by atoms with E-state index in [0.717, 1.165) is 18.2 Å². The van der Waals surface area contributed by atoms with Crippen molar-refractivity contribution in [1.82, 2.24) is 0 Å². The van der Waals surface area contributed by atoms with E-state index in [1.54, 1.807) is 14.2 Å². The maximum Gasteiger partial charge on any atom is 0.334 e. The minimum atomic E-state index is -1.90. The molecule has 0 aromatic heterocycles. The fourth-order valence-corrected chi connectivity index (χ4v) is 2.12. The van der Waals surface area contributed by atoms with Crippen LogP contribution in [0.15, 0.2) is 11.8 Å². The molecule has 0 atom stereocenters. The van der Waals surface area contributed by atoms with Crippen molar-refractivity contribution in [1.29, 1.82) is 0 Å². The summed E-state index contributed by atoms with van der Waals surface area (Å²) >= 11 is 0. The quantitative estimate of drug-likeness (QED) is 0.668. The average molecular weight is 189 g/mol. The first-order chi connectivity index (χ1) is 5.58. The van der Waals surface area contributed by atoms with Crippen LogP contribution in [0, 0.1) is 0 Å². The van der Waals surface area contributed by atoms with Crippen molar-refractivity contribution >= 4 is 8.56 Å². The van der Waals surface area contributed by atoms with Gasteiger partial charge in [-0.15, -0.1) is 0 Å². The molecular weight excluding hydrogens is 170 g/mol. The highest BCUT2D eigenvalue weighted by molar-refractivity contribution is 6.65. The number of hydrogen-bond acceptors (Lipinski definition) is 3. The van der Waals surface area contributed by atoms with Gasteiger partial charge in [-0.3, -0.25) is 0 Å². The molecule has 0 unspecified atom stereocenters. The minimum absolute atomic E-state index is 0.862. The Labute approximate surface area is 75.8 Å². The van der Waals surface area contributed by atoms with Crippen LogP contribution in [0.25, 0.3) is 0 Å². The molecule has 0 aliphatic rings. The smallest absolute Gasteiger partial charge is 0.334 e. The van der Waals surface area contributed by atoms with E-state index < -0.39 is 8.56 Å². The second-order valence-electron chi connectivity index (χ2n) is 2.91. The van der Waals surface area contributed by atoms with E-state index in [1.807, 2.05) is 19.5 Å². The lowest BCUT2D eigenvalue weighted by atomic mass is 10.3. The molecule has 0 heterocycles. The van der Waals surface area contributed by atoms with E-state index in [-0.39, 0.29) is 0 Å². The fourth-order valence-electron chi connectivity index (χ4n) is 0.803. The Hall–Kier alpha value is -0.323. The standard InChI is InChI=1S/C8H19NO2Si/c1-5-8(9)6-7-12(4,10-2)11-3/h5H,6-7,9H2,1-4H3. The van der Waals surface area contributed by atoms with Gasteiger partial charge >= 0.3 is 8.56 Å². The lowest BCUT2D eigenvalue weighted by Crippen LogP contribution is -2.36. The van der Waals surface area contributed by atoms with Crippen molar-refractivity contribution < 1.29 is 8.85 Å². The third-order valence-electron chi connectivity index (χ3n) is 2.10. The molecule has 72 valence electrons. The zero-order chi connectivity index (χ0) is 9.61. The molecule has 0 bridgehead atoms. The van der Waals surface area contributed by atoms with Gasteiger partial charge in [-0.05, 0) is 25.9 Å². The number of nitrogens with two attached hydrogens (primary N) is 1. The first-order valence-corrected chi connectivity index (χ1v) is 6.61. The third kappa shape index (κ3) is 3.89.